The summed E-state index contributed by atoms with van der Waals surface area (Å²) in [5.74, 6) is 1.21. The van der Waals surface area contributed by atoms with E-state index in [1.807, 2.05) is 54.6 Å². The molecule has 3 heteroatoms. The molecule has 0 spiro atoms. The van der Waals surface area contributed by atoms with Gasteiger partial charge >= 0.3 is 0 Å². The third-order valence-electron chi connectivity index (χ3n) is 3.41. The van der Waals surface area contributed by atoms with Crippen LogP contribution in [0.25, 0.3) is 0 Å². The van der Waals surface area contributed by atoms with Crippen LogP contribution in [0.15, 0.2) is 54.6 Å². The summed E-state index contributed by atoms with van der Waals surface area (Å²) in [5, 5.41) is 2.87. The van der Waals surface area contributed by atoms with E-state index in [2.05, 4.69) is 19.2 Å². The Morgan fingerprint density at radius 3 is 2.23 bits per heavy atom. The molecule has 0 aliphatic heterocycles. The topological polar surface area (TPSA) is 55.1 Å². The van der Waals surface area contributed by atoms with E-state index >= 15 is 0 Å². The molecule has 3 nitrogen and oxygen atoms in total. The van der Waals surface area contributed by atoms with Crippen molar-refractivity contribution in [3.05, 3.63) is 71.6 Å². The molecule has 1 amide bonds. The van der Waals surface area contributed by atoms with E-state index in [-0.39, 0.29) is 5.91 Å². The van der Waals surface area contributed by atoms with Crippen LogP contribution in [0.3, 0.4) is 0 Å². The highest BCUT2D eigenvalue weighted by atomic mass is 16.2. The van der Waals surface area contributed by atoms with Crippen molar-refractivity contribution >= 4 is 11.6 Å². The quantitative estimate of drug-likeness (QED) is 0.858. The predicted octanol–water partition coefficient (Wildman–Crippen LogP) is 3.35. The molecule has 0 unspecified atom stereocenters. The Hall–Kier alpha value is -2.13. The van der Waals surface area contributed by atoms with E-state index in [9.17, 15) is 4.79 Å². The van der Waals surface area contributed by atoms with Crippen molar-refractivity contribution in [1.29, 1.82) is 0 Å². The van der Waals surface area contributed by atoms with E-state index in [0.29, 0.717) is 6.42 Å². The molecule has 0 aliphatic rings. The standard InChI is InChI=1S/C19H23N2O/c1-14(2)12-16-8-10-17(11-9-16)21-19(22)18(20)13-15-6-4-3-5-7-15/h3-11,18H,12-13,20H2,1-2H3,(H,21,22)/t18-/m1/s1. The minimum atomic E-state index is -0.548. The predicted molar refractivity (Wildman–Crippen MR) is 91.5 cm³/mol. The van der Waals surface area contributed by atoms with Crippen molar-refractivity contribution in [1.82, 2.24) is 0 Å². The summed E-state index contributed by atoms with van der Waals surface area (Å²) in [5.41, 5.74) is 9.07. The van der Waals surface area contributed by atoms with E-state index in [0.717, 1.165) is 17.7 Å². The van der Waals surface area contributed by atoms with Gasteiger partial charge in [0.15, 0.2) is 0 Å². The second-order valence-corrected chi connectivity index (χ2v) is 5.87. The number of amides is 1. The molecule has 2 rings (SSSR count). The van der Waals surface area contributed by atoms with Gasteiger partial charge in [-0.25, -0.2) is 0 Å². The molecule has 0 fully saturated rings. The number of benzene rings is 2. The van der Waals surface area contributed by atoms with Crippen LogP contribution in [0, 0.1) is 5.92 Å². The zero-order valence-electron chi connectivity index (χ0n) is 13.2. The maximum absolute atomic E-state index is 12.1. The Bertz CT molecular complexity index is 591. The molecule has 1 radical (unpaired) electrons. The number of hydrogen-bond donors (Lipinski definition) is 2. The first kappa shape index (κ1) is 16.2. The molecule has 2 aromatic rings. The van der Waals surface area contributed by atoms with Gasteiger partial charge in [0.25, 0.3) is 0 Å². The molecule has 22 heavy (non-hydrogen) atoms. The summed E-state index contributed by atoms with van der Waals surface area (Å²) in [6.07, 6.45) is 1.50. The van der Waals surface area contributed by atoms with Crippen LogP contribution in [0.2, 0.25) is 0 Å². The normalized spacial score (nSPS) is 12.2. The van der Waals surface area contributed by atoms with Crippen molar-refractivity contribution in [2.24, 2.45) is 5.73 Å². The molecule has 2 aromatic carbocycles. The molecule has 0 saturated heterocycles. The van der Waals surface area contributed by atoms with Gasteiger partial charge in [-0.2, -0.15) is 0 Å². The summed E-state index contributed by atoms with van der Waals surface area (Å²) in [4.78, 5) is 12.1. The van der Waals surface area contributed by atoms with Crippen LogP contribution in [-0.4, -0.2) is 11.9 Å². The monoisotopic (exact) mass is 295 g/mol. The van der Waals surface area contributed by atoms with Crippen molar-refractivity contribution in [2.45, 2.75) is 32.7 Å². The fraction of sp³-hybridized carbons (Fsp3) is 0.263. The lowest BCUT2D eigenvalue weighted by Crippen LogP contribution is -2.37. The van der Waals surface area contributed by atoms with Crippen molar-refractivity contribution in [3.8, 4) is 0 Å². The lowest BCUT2D eigenvalue weighted by molar-refractivity contribution is -0.117. The SMILES string of the molecule is C[C](C)Cc1ccc(NC(=O)[C@H](N)Cc2ccccc2)cc1. The lowest BCUT2D eigenvalue weighted by Gasteiger charge is -2.13. The molecule has 3 N–H and O–H groups in total. The van der Waals surface area contributed by atoms with Crippen LogP contribution >= 0.6 is 0 Å². The molecule has 0 bridgehead atoms. The molecular formula is C19H23N2O. The van der Waals surface area contributed by atoms with E-state index < -0.39 is 6.04 Å². The highest BCUT2D eigenvalue weighted by molar-refractivity contribution is 5.94. The molecule has 115 valence electrons. The zero-order valence-corrected chi connectivity index (χ0v) is 13.2. The number of rotatable bonds is 6. The van der Waals surface area contributed by atoms with Crippen molar-refractivity contribution in [3.63, 3.8) is 0 Å². The van der Waals surface area contributed by atoms with Gasteiger partial charge in [-0.15, -0.1) is 0 Å². The Balaban J connectivity index is 1.90. The minimum absolute atomic E-state index is 0.158. The highest BCUT2D eigenvalue weighted by Crippen LogP contribution is 2.14. The maximum Gasteiger partial charge on any atom is 0.241 e. The Morgan fingerprint density at radius 1 is 1.00 bits per heavy atom. The average molecular weight is 295 g/mol. The van der Waals surface area contributed by atoms with Crippen LogP contribution in [-0.2, 0) is 17.6 Å². The van der Waals surface area contributed by atoms with Crippen LogP contribution in [0.5, 0.6) is 0 Å². The summed E-state index contributed by atoms with van der Waals surface area (Å²) in [6.45, 7) is 4.22. The number of hydrogen-bond acceptors (Lipinski definition) is 2. The van der Waals surface area contributed by atoms with Gasteiger partial charge in [0, 0.05) is 5.69 Å². The van der Waals surface area contributed by atoms with Gasteiger partial charge in [0.05, 0.1) is 6.04 Å². The first-order valence-electron chi connectivity index (χ1n) is 7.53. The largest absolute Gasteiger partial charge is 0.325 e. The lowest BCUT2D eigenvalue weighted by atomic mass is 10.0. The summed E-state index contributed by atoms with van der Waals surface area (Å²) >= 11 is 0. The number of nitrogens with one attached hydrogen (secondary N) is 1. The van der Waals surface area contributed by atoms with Gasteiger partial charge in [0.2, 0.25) is 5.91 Å². The Kier molecular flexibility index (Phi) is 5.73. The number of carbonyl (C=O) groups excluding carboxylic acids is 1. The summed E-state index contributed by atoms with van der Waals surface area (Å²) in [6, 6.07) is 17.2. The van der Waals surface area contributed by atoms with Gasteiger partial charge in [0.1, 0.15) is 0 Å². The number of carbonyl (C=O) groups is 1. The average Bonchev–Trinajstić information content (AvgIpc) is 2.49. The van der Waals surface area contributed by atoms with Crippen molar-refractivity contribution < 1.29 is 4.79 Å². The fourth-order valence-electron chi connectivity index (χ4n) is 2.31. The summed E-state index contributed by atoms with van der Waals surface area (Å²) < 4.78 is 0. The van der Waals surface area contributed by atoms with Gasteiger partial charge in [-0.1, -0.05) is 56.3 Å². The Labute approximate surface area is 132 Å². The second-order valence-electron chi connectivity index (χ2n) is 5.87. The fourth-order valence-corrected chi connectivity index (χ4v) is 2.31. The van der Waals surface area contributed by atoms with Crippen molar-refractivity contribution in [2.75, 3.05) is 5.32 Å². The first-order chi connectivity index (χ1) is 10.5. The number of anilines is 1. The number of nitrogens with two attached hydrogens (primary N) is 1. The second kappa shape index (κ2) is 7.76. The van der Waals surface area contributed by atoms with Crippen LogP contribution in [0.1, 0.15) is 25.0 Å². The smallest absolute Gasteiger partial charge is 0.241 e. The van der Waals surface area contributed by atoms with E-state index in [1.54, 1.807) is 0 Å². The molecule has 0 aromatic heterocycles. The van der Waals surface area contributed by atoms with Gasteiger partial charge < -0.3 is 11.1 Å². The molecule has 1 atom stereocenters. The minimum Gasteiger partial charge on any atom is -0.325 e. The van der Waals surface area contributed by atoms with Crippen LogP contribution in [0.4, 0.5) is 5.69 Å². The third kappa shape index (κ3) is 5.01. The zero-order chi connectivity index (χ0) is 15.9. The molecule has 0 aliphatic carbocycles. The first-order valence-corrected chi connectivity index (χ1v) is 7.53. The van der Waals surface area contributed by atoms with Gasteiger partial charge in [-0.05, 0) is 42.0 Å². The highest BCUT2D eigenvalue weighted by Gasteiger charge is 2.14. The molecule has 0 heterocycles. The maximum atomic E-state index is 12.1. The third-order valence-corrected chi connectivity index (χ3v) is 3.41. The Morgan fingerprint density at radius 2 is 1.64 bits per heavy atom. The van der Waals surface area contributed by atoms with Gasteiger partial charge in [-0.3, -0.25) is 4.79 Å². The summed E-state index contributed by atoms with van der Waals surface area (Å²) in [7, 11) is 0. The van der Waals surface area contributed by atoms with Crippen LogP contribution < -0.4 is 11.1 Å². The van der Waals surface area contributed by atoms with E-state index in [1.165, 1.54) is 11.5 Å². The van der Waals surface area contributed by atoms with E-state index in [4.69, 9.17) is 5.73 Å². The molecular weight excluding hydrogens is 272 g/mol. The molecule has 0 saturated carbocycles.